The quantitative estimate of drug-likeness (QED) is 0.635. The minimum atomic E-state index is -3.83. The summed E-state index contributed by atoms with van der Waals surface area (Å²) < 4.78 is 38.2. The van der Waals surface area contributed by atoms with E-state index in [9.17, 15) is 13.5 Å². The molecular weight excluding hydrogens is 390 g/mol. The topological polar surface area (TPSA) is 76.1 Å². The molecular formula is C22H27NO5S. The summed E-state index contributed by atoms with van der Waals surface area (Å²) in [4.78, 5) is 0. The summed E-state index contributed by atoms with van der Waals surface area (Å²) in [5, 5.41) is 9.10. The molecule has 0 aliphatic rings. The molecule has 6 nitrogen and oxygen atoms in total. The Balaban J connectivity index is 2.34. The zero-order valence-electron chi connectivity index (χ0n) is 17.1. The van der Waals surface area contributed by atoms with Gasteiger partial charge in [-0.2, -0.15) is 4.31 Å². The van der Waals surface area contributed by atoms with Gasteiger partial charge in [0.25, 0.3) is 0 Å². The Morgan fingerprint density at radius 3 is 1.69 bits per heavy atom. The van der Waals surface area contributed by atoms with Gasteiger partial charge in [-0.15, -0.1) is 5.92 Å². The van der Waals surface area contributed by atoms with E-state index in [1.807, 2.05) is 24.3 Å². The second-order valence-corrected chi connectivity index (χ2v) is 8.84. The predicted molar refractivity (Wildman–Crippen MR) is 113 cm³/mol. The van der Waals surface area contributed by atoms with Crippen molar-refractivity contribution in [1.82, 2.24) is 4.31 Å². The Hall–Kier alpha value is -2.53. The van der Waals surface area contributed by atoms with Crippen molar-refractivity contribution < 1.29 is 23.0 Å². The summed E-state index contributed by atoms with van der Waals surface area (Å²) in [6, 6.07) is 14.4. The van der Waals surface area contributed by atoms with Crippen LogP contribution in [0, 0.1) is 11.8 Å². The molecule has 0 aromatic heterocycles. The van der Waals surface area contributed by atoms with Gasteiger partial charge in [0.1, 0.15) is 22.9 Å². The first-order chi connectivity index (χ1) is 13.8. The summed E-state index contributed by atoms with van der Waals surface area (Å²) in [7, 11) is -0.679. The molecule has 2 aromatic rings. The highest BCUT2D eigenvalue weighted by Crippen LogP contribution is 2.22. The number of rotatable bonds is 9. The lowest BCUT2D eigenvalue weighted by atomic mass is 10.2. The Morgan fingerprint density at radius 1 is 0.931 bits per heavy atom. The van der Waals surface area contributed by atoms with Crippen LogP contribution < -0.4 is 9.47 Å². The maximum Gasteiger partial charge on any atom is 0.220 e. The smallest absolute Gasteiger partial charge is 0.220 e. The number of benzene rings is 2. The molecule has 0 saturated heterocycles. The van der Waals surface area contributed by atoms with Crippen molar-refractivity contribution in [3.8, 4) is 23.3 Å². The van der Waals surface area contributed by atoms with Crippen LogP contribution >= 0.6 is 0 Å². The second kappa shape index (κ2) is 10.3. The summed E-state index contributed by atoms with van der Waals surface area (Å²) in [6.07, 6.45) is -1.26. The third kappa shape index (κ3) is 5.97. The molecule has 156 valence electrons. The number of hydrogen-bond acceptors (Lipinski definition) is 5. The molecule has 0 bridgehead atoms. The largest absolute Gasteiger partial charge is 0.497 e. The fraction of sp³-hybridized carbons (Fsp3) is 0.364. The van der Waals surface area contributed by atoms with Gasteiger partial charge in [0.2, 0.25) is 10.0 Å². The predicted octanol–water partition coefficient (Wildman–Crippen LogP) is 2.81. The molecule has 0 fully saturated rings. The first kappa shape index (κ1) is 22.8. The van der Waals surface area contributed by atoms with E-state index in [4.69, 9.17) is 9.47 Å². The summed E-state index contributed by atoms with van der Waals surface area (Å²) in [5.74, 6) is 6.49. The Bertz CT molecular complexity index is 894. The first-order valence-corrected chi connectivity index (χ1v) is 10.7. The van der Waals surface area contributed by atoms with E-state index in [1.54, 1.807) is 45.4 Å². The molecule has 0 saturated carbocycles. The average molecular weight is 418 g/mol. The average Bonchev–Trinajstić information content (AvgIpc) is 2.73. The maximum atomic E-state index is 13.3. The SMILES string of the molecule is CC#C[C@@H](O)[C@@H](C)S(=O)(=O)N(Cc1ccc(OC)cc1)Cc1ccc(OC)cc1. The number of sulfonamides is 1. The number of aliphatic hydroxyl groups excluding tert-OH is 1. The van der Waals surface area contributed by atoms with Crippen LogP contribution in [0.2, 0.25) is 0 Å². The minimum absolute atomic E-state index is 0.162. The summed E-state index contributed by atoms with van der Waals surface area (Å²) in [6.45, 7) is 3.36. The highest BCUT2D eigenvalue weighted by atomic mass is 32.2. The van der Waals surface area contributed by atoms with Crippen molar-refractivity contribution in [3.05, 3.63) is 59.7 Å². The molecule has 0 radical (unpaired) electrons. The molecule has 1 N–H and O–H groups in total. The zero-order chi connectivity index (χ0) is 21.4. The number of aliphatic hydroxyl groups is 1. The van der Waals surface area contributed by atoms with E-state index < -0.39 is 21.4 Å². The van der Waals surface area contributed by atoms with Gasteiger partial charge in [-0.3, -0.25) is 0 Å². The van der Waals surface area contributed by atoms with E-state index in [-0.39, 0.29) is 13.1 Å². The second-order valence-electron chi connectivity index (χ2n) is 6.55. The molecule has 0 spiro atoms. The van der Waals surface area contributed by atoms with E-state index in [0.717, 1.165) is 11.1 Å². The normalized spacial score (nSPS) is 13.3. The van der Waals surface area contributed by atoms with Crippen LogP contribution in [0.5, 0.6) is 11.5 Å². The van der Waals surface area contributed by atoms with Crippen LogP contribution in [0.25, 0.3) is 0 Å². The standard InChI is InChI=1S/C22H27NO5S/c1-5-6-22(24)17(2)29(25,26)23(15-18-7-11-20(27-3)12-8-18)16-19-9-13-21(28-4)14-10-19/h7-14,17,22,24H,15-16H2,1-4H3/t17-,22-/m1/s1. The molecule has 7 heteroatoms. The maximum absolute atomic E-state index is 13.3. The first-order valence-electron chi connectivity index (χ1n) is 9.17. The van der Waals surface area contributed by atoms with E-state index in [2.05, 4.69) is 11.8 Å². The summed E-state index contributed by atoms with van der Waals surface area (Å²) in [5.41, 5.74) is 1.62. The molecule has 0 aliphatic heterocycles. The van der Waals surface area contributed by atoms with Crippen molar-refractivity contribution in [3.63, 3.8) is 0 Å². The monoisotopic (exact) mass is 417 g/mol. The van der Waals surface area contributed by atoms with Crippen LogP contribution in [0.4, 0.5) is 0 Å². The fourth-order valence-corrected chi connectivity index (χ4v) is 4.29. The third-order valence-electron chi connectivity index (χ3n) is 4.60. The Kier molecular flexibility index (Phi) is 8.09. The van der Waals surface area contributed by atoms with Gasteiger partial charge in [0, 0.05) is 13.1 Å². The molecule has 0 heterocycles. The van der Waals surface area contributed by atoms with E-state index in [1.165, 1.54) is 11.2 Å². The van der Waals surface area contributed by atoms with Gasteiger partial charge in [-0.05, 0) is 49.2 Å². The van der Waals surface area contributed by atoms with Gasteiger partial charge < -0.3 is 14.6 Å². The van der Waals surface area contributed by atoms with Crippen LogP contribution in [0.1, 0.15) is 25.0 Å². The molecule has 0 unspecified atom stereocenters. The van der Waals surface area contributed by atoms with Gasteiger partial charge in [0.05, 0.1) is 14.2 Å². The molecule has 0 amide bonds. The Labute approximate surface area is 173 Å². The lowest BCUT2D eigenvalue weighted by Gasteiger charge is -2.27. The van der Waals surface area contributed by atoms with E-state index >= 15 is 0 Å². The molecule has 29 heavy (non-hydrogen) atoms. The number of nitrogens with zero attached hydrogens (tertiary/aromatic N) is 1. The van der Waals surface area contributed by atoms with Crippen molar-refractivity contribution in [2.75, 3.05) is 14.2 Å². The van der Waals surface area contributed by atoms with Crippen LogP contribution in [-0.4, -0.2) is 43.4 Å². The van der Waals surface area contributed by atoms with Crippen LogP contribution in [-0.2, 0) is 23.1 Å². The number of ether oxygens (including phenoxy) is 2. The van der Waals surface area contributed by atoms with Gasteiger partial charge in [-0.1, -0.05) is 30.2 Å². The molecule has 2 rings (SSSR count). The third-order valence-corrected chi connectivity index (χ3v) is 6.78. The van der Waals surface area contributed by atoms with Gasteiger partial charge in [-0.25, -0.2) is 8.42 Å². The van der Waals surface area contributed by atoms with Gasteiger partial charge >= 0.3 is 0 Å². The highest BCUT2D eigenvalue weighted by Gasteiger charge is 2.33. The minimum Gasteiger partial charge on any atom is -0.497 e. The van der Waals surface area contributed by atoms with Crippen molar-refractivity contribution in [2.45, 2.75) is 38.3 Å². The molecule has 2 aromatic carbocycles. The fourth-order valence-electron chi connectivity index (χ4n) is 2.77. The lowest BCUT2D eigenvalue weighted by Crippen LogP contribution is -2.42. The molecule has 0 aliphatic carbocycles. The van der Waals surface area contributed by atoms with Crippen LogP contribution in [0.15, 0.2) is 48.5 Å². The zero-order valence-corrected chi connectivity index (χ0v) is 17.9. The molecule has 2 atom stereocenters. The van der Waals surface area contributed by atoms with Crippen molar-refractivity contribution in [1.29, 1.82) is 0 Å². The van der Waals surface area contributed by atoms with Crippen LogP contribution in [0.3, 0.4) is 0 Å². The lowest BCUT2D eigenvalue weighted by molar-refractivity contribution is 0.225. The number of methoxy groups -OCH3 is 2. The highest BCUT2D eigenvalue weighted by molar-refractivity contribution is 7.89. The van der Waals surface area contributed by atoms with Crippen molar-refractivity contribution in [2.24, 2.45) is 0 Å². The summed E-state index contributed by atoms with van der Waals surface area (Å²) >= 11 is 0. The van der Waals surface area contributed by atoms with Crippen molar-refractivity contribution >= 4 is 10.0 Å². The number of hydrogen-bond donors (Lipinski definition) is 1. The Morgan fingerprint density at radius 2 is 1.34 bits per heavy atom. The van der Waals surface area contributed by atoms with Gasteiger partial charge in [0.15, 0.2) is 0 Å². The van der Waals surface area contributed by atoms with E-state index in [0.29, 0.717) is 11.5 Å².